The van der Waals surface area contributed by atoms with Gasteiger partial charge in [-0.3, -0.25) is 0 Å². The molecule has 0 saturated heterocycles. The molecule has 16 bridgehead atoms. The molecule has 0 unspecified atom stereocenters. The van der Waals surface area contributed by atoms with Crippen LogP contribution in [0.2, 0.25) is 0 Å². The Morgan fingerprint density at radius 2 is 0.380 bits per heavy atom. The number of aromatic amines is 4. The van der Waals surface area contributed by atoms with Crippen LogP contribution in [0.3, 0.4) is 0 Å². The summed E-state index contributed by atoms with van der Waals surface area (Å²) in [6.45, 7) is 0. The number of aromatic nitrogens is 8. The molecule has 10 rings (SSSR count). The SMILES string of the molecule is C1=Cc2cc3ccc(cc4nc(cc5ccc(cc1n2)[nH]5)C=C4)[nH]3.C1=Cc2cc3ccc(cc4nc(cc5ccc(cc1n2)[nH]5)C=C4)[nH]3.[Pt].[Pt]. The third kappa shape index (κ3) is 7.57. The van der Waals surface area contributed by atoms with Crippen LogP contribution >= 0.6 is 0 Å². The van der Waals surface area contributed by atoms with Crippen LogP contribution in [0.25, 0.3) is 92.7 Å². The quantitative estimate of drug-likeness (QED) is 0.121. The molecule has 4 N–H and O–H groups in total. The van der Waals surface area contributed by atoms with Crippen molar-refractivity contribution in [3.05, 3.63) is 143 Å². The molecule has 0 aromatic carbocycles. The van der Waals surface area contributed by atoms with Gasteiger partial charge in [0.15, 0.2) is 0 Å². The van der Waals surface area contributed by atoms with Crippen LogP contribution in [0.4, 0.5) is 0 Å². The van der Waals surface area contributed by atoms with Crippen molar-refractivity contribution >= 4 is 92.7 Å². The normalized spacial score (nSPS) is 12.2. The van der Waals surface area contributed by atoms with E-state index in [1.165, 1.54) is 0 Å². The van der Waals surface area contributed by atoms with Gasteiger partial charge in [0.1, 0.15) is 0 Å². The number of hydrogen-bond acceptors (Lipinski definition) is 4. The van der Waals surface area contributed by atoms with Crippen molar-refractivity contribution in [3.8, 4) is 0 Å². The van der Waals surface area contributed by atoms with Crippen LogP contribution in [0, 0.1) is 0 Å². The van der Waals surface area contributed by atoms with Gasteiger partial charge < -0.3 is 19.9 Å². The van der Waals surface area contributed by atoms with Crippen molar-refractivity contribution in [2.24, 2.45) is 0 Å². The molecule has 248 valence electrons. The summed E-state index contributed by atoms with van der Waals surface area (Å²) in [5.74, 6) is 0. The summed E-state index contributed by atoms with van der Waals surface area (Å²) in [6.07, 6.45) is 16.2. The van der Waals surface area contributed by atoms with E-state index in [4.69, 9.17) is 0 Å². The maximum absolute atomic E-state index is 4.63. The molecule has 6 aromatic rings. The van der Waals surface area contributed by atoms with E-state index in [0.717, 1.165) is 89.7 Å². The summed E-state index contributed by atoms with van der Waals surface area (Å²) in [5, 5.41) is 0. The van der Waals surface area contributed by atoms with E-state index in [9.17, 15) is 0 Å². The van der Waals surface area contributed by atoms with Crippen LogP contribution in [-0.2, 0) is 42.1 Å². The Bertz CT molecular complexity index is 2170. The van der Waals surface area contributed by atoms with Gasteiger partial charge >= 0.3 is 0 Å². The van der Waals surface area contributed by atoms with Crippen molar-refractivity contribution in [2.45, 2.75) is 0 Å². The van der Waals surface area contributed by atoms with Crippen LogP contribution in [-0.4, -0.2) is 39.9 Å². The molecule has 0 fully saturated rings. The zero-order chi connectivity index (χ0) is 31.9. The molecule has 50 heavy (non-hydrogen) atoms. The summed E-state index contributed by atoms with van der Waals surface area (Å²) < 4.78 is 0. The Hall–Kier alpha value is -5.42. The van der Waals surface area contributed by atoms with E-state index < -0.39 is 0 Å². The molecule has 0 radical (unpaired) electrons. The monoisotopic (exact) mass is 1010 g/mol. The van der Waals surface area contributed by atoms with E-state index in [-0.39, 0.29) is 42.1 Å². The van der Waals surface area contributed by atoms with Crippen LogP contribution in [0.15, 0.2) is 97.1 Å². The minimum absolute atomic E-state index is 0. The van der Waals surface area contributed by atoms with Gasteiger partial charge in [-0.05, 0) is 146 Å². The number of rotatable bonds is 0. The van der Waals surface area contributed by atoms with E-state index >= 15 is 0 Å². The first kappa shape index (κ1) is 33.1. The molecule has 10 heteroatoms. The molecule has 0 atom stereocenters. The van der Waals surface area contributed by atoms with Gasteiger partial charge in [0.05, 0.1) is 45.6 Å². The molecule has 4 aliphatic rings. The first-order chi connectivity index (χ1) is 23.6. The van der Waals surface area contributed by atoms with Crippen molar-refractivity contribution in [2.75, 3.05) is 0 Å². The van der Waals surface area contributed by atoms with Gasteiger partial charge in [-0.2, -0.15) is 0 Å². The Kier molecular flexibility index (Phi) is 9.40. The number of hydrogen-bond donors (Lipinski definition) is 4. The molecule has 4 aliphatic heterocycles. The fourth-order valence-corrected chi connectivity index (χ4v) is 5.89. The van der Waals surface area contributed by atoms with E-state index in [2.05, 4.69) is 88.4 Å². The molecule has 0 spiro atoms. The Morgan fingerprint density at radius 3 is 0.520 bits per heavy atom. The zero-order valence-electron chi connectivity index (χ0n) is 26.3. The number of nitrogens with zero attached hydrogens (tertiary/aromatic N) is 4. The number of nitrogens with one attached hydrogen (secondary N) is 4. The zero-order valence-corrected chi connectivity index (χ0v) is 30.8. The predicted octanol–water partition coefficient (Wildman–Crippen LogP) is 9.31. The average Bonchev–Trinajstić information content (AvgIpc) is 3.91. The second-order valence-electron chi connectivity index (χ2n) is 11.8. The number of H-pyrrole nitrogens is 4. The summed E-state index contributed by atoms with van der Waals surface area (Å²) in [6, 6.07) is 32.7. The first-order valence-electron chi connectivity index (χ1n) is 15.7. The summed E-state index contributed by atoms with van der Waals surface area (Å²) in [4.78, 5) is 32.0. The second kappa shape index (κ2) is 14.2. The molecule has 0 aliphatic carbocycles. The van der Waals surface area contributed by atoms with Gasteiger partial charge in [0.25, 0.3) is 0 Å². The van der Waals surface area contributed by atoms with Crippen molar-refractivity contribution in [1.29, 1.82) is 0 Å². The fraction of sp³-hybridized carbons (Fsp3) is 0. The van der Waals surface area contributed by atoms with Crippen LogP contribution in [0.1, 0.15) is 45.6 Å². The number of fused-ring (bicyclic) bond motifs is 16. The molecule has 10 heterocycles. The minimum atomic E-state index is 0. The molecule has 6 aromatic heterocycles. The molecular weight excluding hydrogens is 983 g/mol. The van der Waals surface area contributed by atoms with Gasteiger partial charge in [0.2, 0.25) is 0 Å². The third-order valence-electron chi connectivity index (χ3n) is 8.08. The first-order valence-corrected chi connectivity index (χ1v) is 15.7. The molecule has 0 saturated carbocycles. The van der Waals surface area contributed by atoms with Gasteiger partial charge in [0, 0.05) is 86.3 Å². The summed E-state index contributed by atoms with van der Waals surface area (Å²) in [7, 11) is 0. The van der Waals surface area contributed by atoms with E-state index in [1.807, 2.05) is 97.1 Å². The van der Waals surface area contributed by atoms with Crippen LogP contribution in [0.5, 0.6) is 0 Å². The van der Waals surface area contributed by atoms with E-state index in [1.54, 1.807) is 0 Å². The van der Waals surface area contributed by atoms with E-state index in [0.29, 0.717) is 0 Å². The smallest absolute Gasteiger partial charge is 0.0658 e. The Labute approximate surface area is 315 Å². The second-order valence-corrected chi connectivity index (χ2v) is 11.8. The largest absolute Gasteiger partial charge is 0.355 e. The summed E-state index contributed by atoms with van der Waals surface area (Å²) in [5.41, 5.74) is 15.7. The van der Waals surface area contributed by atoms with Crippen LogP contribution < -0.4 is 0 Å². The Morgan fingerprint density at radius 1 is 0.240 bits per heavy atom. The Balaban J connectivity index is 0.000000151. The molecular formula is C40H28N8Pt2. The minimum Gasteiger partial charge on any atom is -0.355 e. The molecule has 8 nitrogen and oxygen atoms in total. The van der Waals surface area contributed by atoms with Gasteiger partial charge in [-0.1, -0.05) is 0 Å². The fourth-order valence-electron chi connectivity index (χ4n) is 5.89. The van der Waals surface area contributed by atoms with Crippen molar-refractivity contribution in [3.63, 3.8) is 0 Å². The maximum atomic E-state index is 4.63. The van der Waals surface area contributed by atoms with Gasteiger partial charge in [-0.25, -0.2) is 19.9 Å². The maximum Gasteiger partial charge on any atom is 0.0658 e. The van der Waals surface area contributed by atoms with Crippen molar-refractivity contribution < 1.29 is 42.1 Å². The summed E-state index contributed by atoms with van der Waals surface area (Å²) >= 11 is 0. The van der Waals surface area contributed by atoms with Crippen molar-refractivity contribution in [1.82, 2.24) is 39.9 Å². The third-order valence-corrected chi connectivity index (χ3v) is 8.08. The topological polar surface area (TPSA) is 115 Å². The van der Waals surface area contributed by atoms with Gasteiger partial charge in [-0.15, -0.1) is 0 Å². The molecule has 0 amide bonds. The standard InChI is InChI=1S/2C20H14N4.2Pt/c2*1-2-14-10-16-5-6-18(23-16)12-20-8-7-19(24-20)11-17-4-3-15(22-17)9-13(1)21-14;;/h2*1-12,21,24H;;. The predicted molar refractivity (Wildman–Crippen MR) is 198 cm³/mol. The average molecular weight is 1010 g/mol.